The average molecular weight is 398 g/mol. The van der Waals surface area contributed by atoms with Gasteiger partial charge in [-0.25, -0.2) is 9.18 Å². The van der Waals surface area contributed by atoms with Gasteiger partial charge in [-0.2, -0.15) is 11.8 Å². The first-order valence-corrected chi connectivity index (χ1v) is 10.5. The quantitative estimate of drug-likeness (QED) is 0.844. The monoisotopic (exact) mass is 397 g/mol. The van der Waals surface area contributed by atoms with Crippen molar-refractivity contribution < 1.29 is 19.1 Å². The maximum absolute atomic E-state index is 14.8. The molecule has 2 fully saturated rings. The summed E-state index contributed by atoms with van der Waals surface area (Å²) in [4.78, 5) is 20.8. The van der Waals surface area contributed by atoms with E-state index < -0.39 is 6.09 Å². The summed E-state index contributed by atoms with van der Waals surface area (Å²) >= 11 is 1.89. The van der Waals surface area contributed by atoms with Crippen LogP contribution in [0.4, 0.5) is 14.9 Å². The highest BCUT2D eigenvalue weighted by Gasteiger charge is 2.38. The van der Waals surface area contributed by atoms with Gasteiger partial charge in [-0.15, -0.1) is 5.06 Å². The smallest absolute Gasteiger partial charge is 0.407 e. The predicted octanol–water partition coefficient (Wildman–Crippen LogP) is 3.38. The summed E-state index contributed by atoms with van der Waals surface area (Å²) < 4.78 is 14.8. The molecule has 0 aliphatic carbocycles. The molecule has 6 nitrogen and oxygen atoms in total. The normalized spacial score (nSPS) is 22.0. The number of rotatable bonds is 3. The summed E-state index contributed by atoms with van der Waals surface area (Å²) in [5, 5.41) is 11.4. The van der Waals surface area contributed by atoms with E-state index in [0.717, 1.165) is 24.6 Å². The zero-order valence-corrected chi connectivity index (χ0v) is 17.0. The Bertz CT molecular complexity index is 677. The lowest BCUT2D eigenvalue weighted by Gasteiger charge is -2.46. The minimum Gasteiger partial charge on any atom is -0.465 e. The lowest BCUT2D eigenvalue weighted by atomic mass is 9.84. The molecular weight excluding hydrogens is 369 g/mol. The molecule has 2 aliphatic heterocycles. The number of hydrogen-bond donors (Lipinski definition) is 1. The van der Waals surface area contributed by atoms with Crippen LogP contribution in [0.1, 0.15) is 20.8 Å². The van der Waals surface area contributed by atoms with Crippen LogP contribution in [-0.2, 0) is 0 Å². The summed E-state index contributed by atoms with van der Waals surface area (Å²) in [6, 6.07) is 4.74. The first-order chi connectivity index (χ1) is 12.8. The highest BCUT2D eigenvalue weighted by atomic mass is 32.2. The van der Waals surface area contributed by atoms with E-state index in [2.05, 4.69) is 0 Å². The zero-order valence-electron chi connectivity index (χ0n) is 16.2. The van der Waals surface area contributed by atoms with Gasteiger partial charge in [0.05, 0.1) is 11.7 Å². The van der Waals surface area contributed by atoms with Crippen LogP contribution in [0.15, 0.2) is 18.2 Å². The van der Waals surface area contributed by atoms with Gasteiger partial charge in [0.15, 0.2) is 5.75 Å². The Morgan fingerprint density at radius 3 is 2.52 bits per heavy atom. The Hall–Kier alpha value is -1.67. The van der Waals surface area contributed by atoms with Crippen molar-refractivity contribution in [3.63, 3.8) is 0 Å². The molecule has 27 heavy (non-hydrogen) atoms. The topological polar surface area (TPSA) is 56.2 Å². The highest BCUT2D eigenvalue weighted by Crippen LogP contribution is 2.32. The molecule has 0 radical (unpaired) electrons. The summed E-state index contributed by atoms with van der Waals surface area (Å²) in [6.07, 6.45) is -0.918. The third-order valence-corrected chi connectivity index (χ3v) is 6.03. The lowest BCUT2D eigenvalue weighted by Crippen LogP contribution is -2.59. The Morgan fingerprint density at radius 1 is 1.22 bits per heavy atom. The van der Waals surface area contributed by atoms with Crippen molar-refractivity contribution in [2.24, 2.45) is 5.41 Å². The third-order valence-electron chi connectivity index (χ3n) is 5.09. The Morgan fingerprint density at radius 2 is 1.93 bits per heavy atom. The average Bonchev–Trinajstić information content (AvgIpc) is 2.61. The van der Waals surface area contributed by atoms with Crippen LogP contribution in [0.2, 0.25) is 0 Å². The summed E-state index contributed by atoms with van der Waals surface area (Å²) in [5.74, 6) is 2.20. The Balaban J connectivity index is 1.73. The predicted molar refractivity (Wildman–Crippen MR) is 106 cm³/mol. The molecule has 1 N–H and O–H groups in total. The minimum atomic E-state index is -0.918. The van der Waals surface area contributed by atoms with Crippen molar-refractivity contribution >= 4 is 23.5 Å². The molecule has 2 saturated heterocycles. The molecule has 1 unspecified atom stereocenters. The van der Waals surface area contributed by atoms with E-state index in [0.29, 0.717) is 31.1 Å². The molecule has 1 aromatic carbocycles. The van der Waals surface area contributed by atoms with Crippen LogP contribution in [0.5, 0.6) is 5.75 Å². The number of thioether (sulfide) groups is 1. The first kappa shape index (κ1) is 20.1. The van der Waals surface area contributed by atoms with Crippen molar-refractivity contribution in [3.8, 4) is 5.75 Å². The number of halogens is 1. The summed E-state index contributed by atoms with van der Waals surface area (Å²) in [7, 11) is 0. The van der Waals surface area contributed by atoms with Crippen molar-refractivity contribution in [2.75, 3.05) is 49.1 Å². The molecule has 0 aromatic heterocycles. The van der Waals surface area contributed by atoms with Gasteiger partial charge in [0.25, 0.3) is 0 Å². The molecule has 2 aliphatic rings. The van der Waals surface area contributed by atoms with Gasteiger partial charge in [0.2, 0.25) is 0 Å². The standard InChI is InChI=1S/C19H28FN3O3S/c1-19(2,3)17-13-21(6-7-23(17)18(24)25)16-5-4-14(12-15(16)20)26-22-8-10-27-11-9-22/h4-5,12,17H,6-11,13H2,1-3H3,(H,24,25). The van der Waals surface area contributed by atoms with E-state index >= 15 is 0 Å². The highest BCUT2D eigenvalue weighted by molar-refractivity contribution is 7.99. The molecule has 8 heteroatoms. The number of anilines is 1. The Labute approximate surface area is 164 Å². The van der Waals surface area contributed by atoms with E-state index in [9.17, 15) is 14.3 Å². The van der Waals surface area contributed by atoms with Crippen molar-refractivity contribution in [1.29, 1.82) is 0 Å². The second-order valence-corrected chi connectivity index (χ2v) is 9.27. The van der Waals surface area contributed by atoms with E-state index in [1.807, 2.05) is 42.5 Å². The molecule has 1 amide bonds. The van der Waals surface area contributed by atoms with E-state index in [1.165, 1.54) is 11.0 Å². The van der Waals surface area contributed by atoms with E-state index in [-0.39, 0.29) is 17.3 Å². The van der Waals surface area contributed by atoms with Gasteiger partial charge < -0.3 is 19.7 Å². The Kier molecular flexibility index (Phi) is 6.05. The summed E-state index contributed by atoms with van der Waals surface area (Å²) in [6.45, 7) is 9.01. The molecule has 0 saturated carbocycles. The SMILES string of the molecule is CC(C)(C)C1CN(c2ccc(ON3CCSCC3)cc2F)CCN1C(=O)O. The number of hydroxylamine groups is 2. The third kappa shape index (κ3) is 4.79. The van der Waals surface area contributed by atoms with Gasteiger partial charge in [-0.1, -0.05) is 20.8 Å². The fourth-order valence-corrected chi connectivity index (χ4v) is 4.43. The van der Waals surface area contributed by atoms with E-state index in [4.69, 9.17) is 4.84 Å². The van der Waals surface area contributed by atoms with Crippen LogP contribution < -0.4 is 9.74 Å². The fraction of sp³-hybridized carbons (Fsp3) is 0.632. The van der Waals surface area contributed by atoms with Crippen LogP contribution >= 0.6 is 11.8 Å². The fourth-order valence-electron chi connectivity index (χ4n) is 3.56. The number of piperazine rings is 1. The maximum atomic E-state index is 14.8. The number of carboxylic acid groups (broad SMARTS) is 1. The van der Waals surface area contributed by atoms with Gasteiger partial charge in [0.1, 0.15) is 5.82 Å². The van der Waals surface area contributed by atoms with Crippen LogP contribution in [0.25, 0.3) is 0 Å². The van der Waals surface area contributed by atoms with Crippen molar-refractivity contribution in [1.82, 2.24) is 9.96 Å². The first-order valence-electron chi connectivity index (χ1n) is 9.30. The molecule has 3 rings (SSSR count). The number of hydrogen-bond acceptors (Lipinski definition) is 5. The van der Waals surface area contributed by atoms with Gasteiger partial charge in [0, 0.05) is 50.3 Å². The zero-order chi connectivity index (χ0) is 19.6. The number of benzene rings is 1. The second-order valence-electron chi connectivity index (χ2n) is 8.05. The molecule has 1 aromatic rings. The second kappa shape index (κ2) is 8.14. The van der Waals surface area contributed by atoms with Crippen molar-refractivity contribution in [2.45, 2.75) is 26.8 Å². The van der Waals surface area contributed by atoms with Crippen molar-refractivity contribution in [3.05, 3.63) is 24.0 Å². The molecule has 2 heterocycles. The van der Waals surface area contributed by atoms with Crippen LogP contribution in [0, 0.1) is 11.2 Å². The molecular formula is C19H28FN3O3S. The number of nitrogens with zero attached hydrogens (tertiary/aromatic N) is 3. The number of amides is 1. The van der Waals surface area contributed by atoms with Gasteiger partial charge in [-0.3, -0.25) is 0 Å². The maximum Gasteiger partial charge on any atom is 0.407 e. The molecule has 150 valence electrons. The lowest BCUT2D eigenvalue weighted by molar-refractivity contribution is -0.0491. The largest absolute Gasteiger partial charge is 0.465 e. The number of carbonyl (C=O) groups is 1. The summed E-state index contributed by atoms with van der Waals surface area (Å²) in [5.41, 5.74) is 0.263. The van der Waals surface area contributed by atoms with Gasteiger partial charge in [-0.05, 0) is 17.5 Å². The van der Waals surface area contributed by atoms with Crippen LogP contribution in [-0.4, -0.2) is 71.4 Å². The van der Waals surface area contributed by atoms with E-state index in [1.54, 1.807) is 12.1 Å². The molecule has 0 bridgehead atoms. The molecule has 1 atom stereocenters. The van der Waals surface area contributed by atoms with Gasteiger partial charge >= 0.3 is 6.09 Å². The minimum absolute atomic E-state index is 0.204. The van der Waals surface area contributed by atoms with Crippen LogP contribution in [0.3, 0.4) is 0 Å². The molecule has 0 spiro atoms.